The maximum Gasteiger partial charge on any atom is 0.0530 e. The second-order valence-electron chi connectivity index (χ2n) is 2.26. The van der Waals surface area contributed by atoms with Crippen LogP contribution in [0, 0.1) is 0 Å². The van der Waals surface area contributed by atoms with Gasteiger partial charge in [0, 0.05) is 11.5 Å². The number of aliphatic hydroxyl groups excluding tert-OH is 1. The lowest BCUT2D eigenvalue weighted by molar-refractivity contribution is 0.190. The van der Waals surface area contributed by atoms with Crippen molar-refractivity contribution in [2.75, 3.05) is 11.5 Å². The van der Waals surface area contributed by atoms with Gasteiger partial charge in [-0.2, -0.15) is 0 Å². The molecule has 0 saturated carbocycles. The van der Waals surface area contributed by atoms with Gasteiger partial charge < -0.3 is 5.11 Å². The Hall–Kier alpha value is 0.660. The van der Waals surface area contributed by atoms with Gasteiger partial charge in [-0.25, -0.2) is 0 Å². The van der Waals surface area contributed by atoms with Crippen LogP contribution < -0.4 is 0 Å². The van der Waals surface area contributed by atoms with Crippen molar-refractivity contribution in [3.63, 3.8) is 0 Å². The summed E-state index contributed by atoms with van der Waals surface area (Å²) < 4.78 is 0.671. The highest BCUT2D eigenvalue weighted by molar-refractivity contribution is 8.20. The maximum absolute atomic E-state index is 8.99. The SMILES string of the molecule is C[C@@H](O)CC1SCCS1. The van der Waals surface area contributed by atoms with E-state index in [1.54, 1.807) is 0 Å². The predicted molar refractivity (Wildman–Crippen MR) is 45.0 cm³/mol. The number of aliphatic hydroxyl groups is 1. The fourth-order valence-corrected chi connectivity index (χ4v) is 3.91. The van der Waals surface area contributed by atoms with Gasteiger partial charge in [0.15, 0.2) is 0 Å². The Morgan fingerprint density at radius 2 is 2.11 bits per heavy atom. The van der Waals surface area contributed by atoms with Crippen LogP contribution in [0.3, 0.4) is 0 Å². The zero-order valence-electron chi connectivity index (χ0n) is 5.54. The molecule has 1 aliphatic heterocycles. The molecule has 0 aromatic heterocycles. The minimum absolute atomic E-state index is 0.118. The molecule has 1 fully saturated rings. The van der Waals surface area contributed by atoms with E-state index in [1.807, 2.05) is 30.4 Å². The van der Waals surface area contributed by atoms with E-state index in [0.717, 1.165) is 6.42 Å². The average Bonchev–Trinajstić information content (AvgIpc) is 2.15. The zero-order chi connectivity index (χ0) is 6.69. The Balaban J connectivity index is 2.11. The van der Waals surface area contributed by atoms with Crippen LogP contribution in [0.5, 0.6) is 0 Å². The van der Waals surface area contributed by atoms with Crippen LogP contribution in [0.4, 0.5) is 0 Å². The Kier molecular flexibility index (Phi) is 3.22. The van der Waals surface area contributed by atoms with Crippen LogP contribution in [0.1, 0.15) is 13.3 Å². The number of thioether (sulfide) groups is 2. The maximum atomic E-state index is 8.99. The van der Waals surface area contributed by atoms with Crippen LogP contribution in [-0.2, 0) is 0 Å². The fraction of sp³-hybridized carbons (Fsp3) is 1.00. The highest BCUT2D eigenvalue weighted by Gasteiger charge is 2.17. The molecule has 0 aliphatic carbocycles. The van der Waals surface area contributed by atoms with Crippen molar-refractivity contribution in [2.24, 2.45) is 0 Å². The van der Waals surface area contributed by atoms with E-state index in [0.29, 0.717) is 4.58 Å². The molecule has 1 rings (SSSR count). The molecule has 1 saturated heterocycles. The van der Waals surface area contributed by atoms with Gasteiger partial charge in [-0.05, 0) is 13.3 Å². The Labute approximate surface area is 64.6 Å². The summed E-state index contributed by atoms with van der Waals surface area (Å²) in [6.45, 7) is 1.86. The Morgan fingerprint density at radius 3 is 2.56 bits per heavy atom. The molecule has 54 valence electrons. The van der Waals surface area contributed by atoms with Crippen LogP contribution in [0.25, 0.3) is 0 Å². The van der Waals surface area contributed by atoms with Crippen molar-refractivity contribution in [3.05, 3.63) is 0 Å². The third kappa shape index (κ3) is 2.83. The number of rotatable bonds is 2. The van der Waals surface area contributed by atoms with Crippen molar-refractivity contribution >= 4 is 23.5 Å². The van der Waals surface area contributed by atoms with Gasteiger partial charge in [0.05, 0.1) is 10.7 Å². The van der Waals surface area contributed by atoms with E-state index < -0.39 is 0 Å². The van der Waals surface area contributed by atoms with Crippen molar-refractivity contribution in [1.82, 2.24) is 0 Å². The molecular formula is C6H12OS2. The lowest BCUT2D eigenvalue weighted by atomic mass is 10.3. The van der Waals surface area contributed by atoms with E-state index in [-0.39, 0.29) is 6.10 Å². The van der Waals surface area contributed by atoms with Gasteiger partial charge in [0.25, 0.3) is 0 Å². The topological polar surface area (TPSA) is 20.2 Å². The first-order valence-electron chi connectivity index (χ1n) is 3.20. The van der Waals surface area contributed by atoms with E-state index >= 15 is 0 Å². The lowest BCUT2D eigenvalue weighted by Gasteiger charge is -2.08. The van der Waals surface area contributed by atoms with Gasteiger partial charge in [0.1, 0.15) is 0 Å². The van der Waals surface area contributed by atoms with Crippen molar-refractivity contribution in [2.45, 2.75) is 24.0 Å². The summed E-state index contributed by atoms with van der Waals surface area (Å²) in [4.78, 5) is 0. The van der Waals surface area contributed by atoms with Gasteiger partial charge in [-0.15, -0.1) is 23.5 Å². The summed E-state index contributed by atoms with van der Waals surface area (Å²) in [5.74, 6) is 2.53. The third-order valence-electron chi connectivity index (χ3n) is 1.22. The zero-order valence-corrected chi connectivity index (χ0v) is 7.17. The summed E-state index contributed by atoms with van der Waals surface area (Å²) in [5.41, 5.74) is 0. The molecule has 3 heteroatoms. The minimum atomic E-state index is -0.118. The van der Waals surface area contributed by atoms with Crippen LogP contribution in [0.15, 0.2) is 0 Å². The summed E-state index contributed by atoms with van der Waals surface area (Å²) in [6.07, 6.45) is 0.836. The molecule has 0 aromatic carbocycles. The van der Waals surface area contributed by atoms with Crippen molar-refractivity contribution in [3.8, 4) is 0 Å². The molecule has 1 atom stereocenters. The minimum Gasteiger partial charge on any atom is -0.393 e. The normalized spacial score (nSPS) is 24.7. The number of hydrogen-bond donors (Lipinski definition) is 1. The van der Waals surface area contributed by atoms with Crippen LogP contribution in [0.2, 0.25) is 0 Å². The van der Waals surface area contributed by atoms with Gasteiger partial charge >= 0.3 is 0 Å². The van der Waals surface area contributed by atoms with E-state index in [1.165, 1.54) is 11.5 Å². The van der Waals surface area contributed by atoms with E-state index in [2.05, 4.69) is 0 Å². The summed E-state index contributed by atoms with van der Waals surface area (Å²) >= 11 is 3.95. The Bertz CT molecular complexity index is 79.1. The van der Waals surface area contributed by atoms with Gasteiger partial charge in [0.2, 0.25) is 0 Å². The molecule has 1 heterocycles. The summed E-state index contributed by atoms with van der Waals surface area (Å²) in [7, 11) is 0. The molecule has 0 unspecified atom stereocenters. The molecule has 0 radical (unpaired) electrons. The predicted octanol–water partition coefficient (Wildman–Crippen LogP) is 1.56. The van der Waals surface area contributed by atoms with Crippen LogP contribution in [-0.4, -0.2) is 27.3 Å². The average molecular weight is 164 g/mol. The molecule has 1 nitrogen and oxygen atoms in total. The molecule has 0 amide bonds. The molecule has 1 N–H and O–H groups in total. The number of hydrogen-bond acceptors (Lipinski definition) is 3. The standard InChI is InChI=1S/C6H12OS2/c1-5(7)4-6-8-2-3-9-6/h5-7H,2-4H2,1H3/t5-/m1/s1. The van der Waals surface area contributed by atoms with Gasteiger partial charge in [-0.3, -0.25) is 0 Å². The molecular weight excluding hydrogens is 152 g/mol. The Morgan fingerprint density at radius 1 is 1.56 bits per heavy atom. The first-order chi connectivity index (χ1) is 4.29. The van der Waals surface area contributed by atoms with E-state index in [4.69, 9.17) is 5.11 Å². The first-order valence-corrected chi connectivity index (χ1v) is 5.30. The quantitative estimate of drug-likeness (QED) is 0.669. The van der Waals surface area contributed by atoms with Gasteiger partial charge in [-0.1, -0.05) is 0 Å². The molecule has 0 bridgehead atoms. The van der Waals surface area contributed by atoms with E-state index in [9.17, 15) is 0 Å². The highest BCUT2D eigenvalue weighted by atomic mass is 32.2. The fourth-order valence-electron chi connectivity index (χ4n) is 0.822. The van der Waals surface area contributed by atoms with Crippen LogP contribution >= 0.6 is 23.5 Å². The molecule has 1 aliphatic rings. The molecule has 9 heavy (non-hydrogen) atoms. The molecule has 0 spiro atoms. The third-order valence-corrected chi connectivity index (χ3v) is 4.31. The summed E-state index contributed by atoms with van der Waals surface area (Å²) in [6, 6.07) is 0. The van der Waals surface area contributed by atoms with Crippen molar-refractivity contribution < 1.29 is 5.11 Å². The largest absolute Gasteiger partial charge is 0.393 e. The smallest absolute Gasteiger partial charge is 0.0530 e. The monoisotopic (exact) mass is 164 g/mol. The second kappa shape index (κ2) is 3.74. The summed E-state index contributed by atoms with van der Waals surface area (Å²) in [5, 5.41) is 8.99. The highest BCUT2D eigenvalue weighted by Crippen LogP contribution is 2.34. The lowest BCUT2D eigenvalue weighted by Crippen LogP contribution is -2.06. The van der Waals surface area contributed by atoms with Crippen molar-refractivity contribution in [1.29, 1.82) is 0 Å². The second-order valence-corrected chi connectivity index (χ2v) is 5.18. The molecule has 0 aromatic rings. The first kappa shape index (κ1) is 7.76.